The van der Waals surface area contributed by atoms with Gasteiger partial charge in [-0.15, -0.1) is 0 Å². The van der Waals surface area contributed by atoms with E-state index in [1.807, 2.05) is 35.0 Å². The molecule has 1 aromatic carbocycles. The quantitative estimate of drug-likeness (QED) is 0.538. The predicted octanol–water partition coefficient (Wildman–Crippen LogP) is 4.42. The standard InChI is InChI=1S/C21H20N4O2S/c26-18-4-2-1-3-16(18)17-11-14(13-25-8-7-22-20(17)25)19-12-23-21(28-19)24-15-5-9-27-10-6-15/h1-4,7-8,11-13,15,26H,5-6,9-10H2,(H,23,24). The normalized spacial score (nSPS) is 15.1. The molecule has 0 spiro atoms. The zero-order valence-corrected chi connectivity index (χ0v) is 16.0. The van der Waals surface area contributed by atoms with Crippen LogP contribution in [-0.4, -0.2) is 38.7 Å². The number of anilines is 1. The van der Waals surface area contributed by atoms with Crippen LogP contribution in [0.3, 0.4) is 0 Å². The van der Waals surface area contributed by atoms with E-state index in [9.17, 15) is 5.11 Å². The van der Waals surface area contributed by atoms with Gasteiger partial charge in [0.25, 0.3) is 0 Å². The van der Waals surface area contributed by atoms with Crippen LogP contribution in [-0.2, 0) is 4.74 Å². The van der Waals surface area contributed by atoms with Crippen molar-refractivity contribution in [3.8, 4) is 27.3 Å². The summed E-state index contributed by atoms with van der Waals surface area (Å²) in [5.74, 6) is 0.246. The van der Waals surface area contributed by atoms with Crippen LogP contribution in [0.4, 0.5) is 5.13 Å². The van der Waals surface area contributed by atoms with E-state index in [0.29, 0.717) is 6.04 Å². The lowest BCUT2D eigenvalue weighted by Crippen LogP contribution is -2.27. The van der Waals surface area contributed by atoms with E-state index in [2.05, 4.69) is 27.5 Å². The average Bonchev–Trinajstić information content (AvgIpc) is 3.38. The molecule has 5 rings (SSSR count). The van der Waals surface area contributed by atoms with E-state index in [4.69, 9.17) is 4.74 Å². The topological polar surface area (TPSA) is 71.7 Å². The minimum absolute atomic E-state index is 0.246. The predicted molar refractivity (Wildman–Crippen MR) is 111 cm³/mol. The zero-order valence-electron chi connectivity index (χ0n) is 15.2. The summed E-state index contributed by atoms with van der Waals surface area (Å²) in [7, 11) is 0. The van der Waals surface area contributed by atoms with Gasteiger partial charge in [0.2, 0.25) is 0 Å². The number of hydrogen-bond acceptors (Lipinski definition) is 6. The van der Waals surface area contributed by atoms with Crippen LogP contribution in [0, 0.1) is 0 Å². The molecule has 0 bridgehead atoms. The van der Waals surface area contributed by atoms with E-state index in [-0.39, 0.29) is 5.75 Å². The molecule has 2 N–H and O–H groups in total. The molecule has 0 amide bonds. The molecular formula is C21H20N4O2S. The molecule has 1 fully saturated rings. The molecule has 7 heteroatoms. The number of para-hydroxylation sites is 1. The van der Waals surface area contributed by atoms with Crippen molar-refractivity contribution in [2.24, 2.45) is 0 Å². The highest BCUT2D eigenvalue weighted by atomic mass is 32.1. The van der Waals surface area contributed by atoms with Crippen LogP contribution < -0.4 is 5.32 Å². The Bertz CT molecular complexity index is 1110. The number of pyridine rings is 1. The summed E-state index contributed by atoms with van der Waals surface area (Å²) in [4.78, 5) is 10.1. The van der Waals surface area contributed by atoms with Crippen LogP contribution in [0.1, 0.15) is 12.8 Å². The highest BCUT2D eigenvalue weighted by molar-refractivity contribution is 7.18. The Morgan fingerprint density at radius 2 is 2.00 bits per heavy atom. The number of benzene rings is 1. The van der Waals surface area contributed by atoms with Crippen molar-refractivity contribution in [1.29, 1.82) is 0 Å². The van der Waals surface area contributed by atoms with Gasteiger partial charge in [-0.05, 0) is 25.0 Å². The van der Waals surface area contributed by atoms with Crippen LogP contribution in [0.2, 0.25) is 0 Å². The van der Waals surface area contributed by atoms with Gasteiger partial charge in [0.05, 0.1) is 4.88 Å². The summed E-state index contributed by atoms with van der Waals surface area (Å²) in [6.07, 6.45) is 9.66. The van der Waals surface area contributed by atoms with E-state index < -0.39 is 0 Å². The third kappa shape index (κ3) is 3.23. The zero-order chi connectivity index (χ0) is 18.9. The fourth-order valence-corrected chi connectivity index (χ4v) is 4.43. The van der Waals surface area contributed by atoms with Crippen LogP contribution >= 0.6 is 11.3 Å². The Kier molecular flexibility index (Phi) is 4.46. The number of thiazole rings is 1. The Hall–Kier alpha value is -2.90. The van der Waals surface area contributed by atoms with Gasteiger partial charge in [-0.1, -0.05) is 29.5 Å². The van der Waals surface area contributed by atoms with Crippen molar-refractivity contribution in [2.45, 2.75) is 18.9 Å². The Morgan fingerprint density at radius 1 is 1.14 bits per heavy atom. The molecule has 3 aromatic heterocycles. The number of aromatic hydroxyl groups is 1. The third-order valence-electron chi connectivity index (χ3n) is 5.02. The van der Waals surface area contributed by atoms with Crippen LogP contribution in [0.15, 0.2) is 55.1 Å². The lowest BCUT2D eigenvalue weighted by molar-refractivity contribution is 0.0904. The van der Waals surface area contributed by atoms with Gasteiger partial charge in [-0.25, -0.2) is 9.97 Å². The van der Waals surface area contributed by atoms with Crippen molar-refractivity contribution in [2.75, 3.05) is 18.5 Å². The number of ether oxygens (including phenoxy) is 1. The smallest absolute Gasteiger partial charge is 0.183 e. The first-order chi connectivity index (χ1) is 13.8. The first kappa shape index (κ1) is 17.2. The lowest BCUT2D eigenvalue weighted by Gasteiger charge is -2.22. The van der Waals surface area contributed by atoms with Crippen molar-refractivity contribution in [3.05, 3.63) is 55.1 Å². The molecule has 0 saturated carbocycles. The number of nitrogens with one attached hydrogen (secondary N) is 1. The lowest BCUT2D eigenvalue weighted by atomic mass is 10.0. The number of imidazole rings is 1. The molecule has 1 aliphatic heterocycles. The summed E-state index contributed by atoms with van der Waals surface area (Å²) >= 11 is 1.64. The molecule has 0 radical (unpaired) electrons. The molecule has 4 aromatic rings. The van der Waals surface area contributed by atoms with Gasteiger partial charge in [0, 0.05) is 60.7 Å². The van der Waals surface area contributed by atoms with E-state index in [1.54, 1.807) is 23.6 Å². The van der Waals surface area contributed by atoms with Crippen molar-refractivity contribution < 1.29 is 9.84 Å². The van der Waals surface area contributed by atoms with Crippen LogP contribution in [0.25, 0.3) is 27.2 Å². The van der Waals surface area contributed by atoms with Gasteiger partial charge in [0.1, 0.15) is 11.4 Å². The number of nitrogens with zero attached hydrogens (tertiary/aromatic N) is 3. The fraction of sp³-hybridized carbons (Fsp3) is 0.238. The largest absolute Gasteiger partial charge is 0.507 e. The maximum atomic E-state index is 10.3. The highest BCUT2D eigenvalue weighted by Gasteiger charge is 2.17. The van der Waals surface area contributed by atoms with Gasteiger partial charge in [-0.3, -0.25) is 0 Å². The second-order valence-corrected chi connectivity index (χ2v) is 7.91. The number of fused-ring (bicyclic) bond motifs is 1. The van der Waals surface area contributed by atoms with E-state index in [0.717, 1.165) is 58.4 Å². The van der Waals surface area contributed by atoms with Gasteiger partial charge in [-0.2, -0.15) is 0 Å². The second kappa shape index (κ2) is 7.26. The maximum absolute atomic E-state index is 10.3. The monoisotopic (exact) mass is 392 g/mol. The number of aromatic nitrogens is 3. The first-order valence-electron chi connectivity index (χ1n) is 9.33. The SMILES string of the molecule is Oc1ccccc1-c1cc(-c2cnc(NC3CCOCC3)s2)cn2ccnc12. The second-order valence-electron chi connectivity index (χ2n) is 6.88. The summed E-state index contributed by atoms with van der Waals surface area (Å²) in [5.41, 5.74) is 3.52. The molecule has 0 aliphatic carbocycles. The van der Waals surface area contributed by atoms with Gasteiger partial charge < -0.3 is 19.6 Å². The van der Waals surface area contributed by atoms with Crippen molar-refractivity contribution in [3.63, 3.8) is 0 Å². The Morgan fingerprint density at radius 3 is 2.86 bits per heavy atom. The van der Waals surface area contributed by atoms with E-state index in [1.165, 1.54) is 0 Å². The summed E-state index contributed by atoms with van der Waals surface area (Å²) < 4.78 is 7.41. The van der Waals surface area contributed by atoms with Crippen molar-refractivity contribution in [1.82, 2.24) is 14.4 Å². The van der Waals surface area contributed by atoms with Gasteiger partial charge >= 0.3 is 0 Å². The molecule has 142 valence electrons. The number of phenolic OH excluding ortho intramolecular Hbond substituents is 1. The maximum Gasteiger partial charge on any atom is 0.183 e. The molecule has 1 saturated heterocycles. The molecule has 6 nitrogen and oxygen atoms in total. The average molecular weight is 392 g/mol. The molecule has 4 heterocycles. The highest BCUT2D eigenvalue weighted by Crippen LogP contribution is 2.36. The Balaban J connectivity index is 1.52. The summed E-state index contributed by atoms with van der Waals surface area (Å²) in [6, 6.07) is 9.84. The minimum atomic E-state index is 0.246. The van der Waals surface area contributed by atoms with Crippen molar-refractivity contribution >= 4 is 22.1 Å². The van der Waals surface area contributed by atoms with E-state index >= 15 is 0 Å². The molecule has 28 heavy (non-hydrogen) atoms. The molecular weight excluding hydrogens is 372 g/mol. The minimum Gasteiger partial charge on any atom is -0.507 e. The number of phenols is 1. The van der Waals surface area contributed by atoms with Gasteiger partial charge in [0.15, 0.2) is 5.13 Å². The first-order valence-corrected chi connectivity index (χ1v) is 10.1. The Labute approximate surface area is 166 Å². The number of hydrogen-bond donors (Lipinski definition) is 2. The molecule has 0 unspecified atom stereocenters. The summed E-state index contributed by atoms with van der Waals surface area (Å²) in [5, 5.41) is 14.8. The van der Waals surface area contributed by atoms with Crippen LogP contribution in [0.5, 0.6) is 5.75 Å². The fourth-order valence-electron chi connectivity index (χ4n) is 3.56. The number of rotatable bonds is 4. The third-order valence-corrected chi connectivity index (χ3v) is 6.00. The molecule has 1 aliphatic rings. The summed E-state index contributed by atoms with van der Waals surface area (Å²) in [6.45, 7) is 1.61. The molecule has 0 atom stereocenters.